The molecular formula is C24H22O9. The van der Waals surface area contributed by atoms with Crippen LogP contribution in [0.5, 0.6) is 28.7 Å². The van der Waals surface area contributed by atoms with Gasteiger partial charge in [-0.15, -0.1) is 0 Å². The molecule has 1 aliphatic carbocycles. The number of benzene rings is 2. The van der Waals surface area contributed by atoms with Crippen molar-refractivity contribution in [3.63, 3.8) is 0 Å². The van der Waals surface area contributed by atoms with Crippen LogP contribution in [-0.2, 0) is 19.1 Å². The number of cyclic esters (lactones) is 1. The summed E-state index contributed by atoms with van der Waals surface area (Å²) >= 11 is 0. The fourth-order valence-electron chi connectivity index (χ4n) is 4.64. The Hall–Kier alpha value is -3.88. The van der Waals surface area contributed by atoms with Crippen LogP contribution in [0.1, 0.15) is 29.7 Å². The molecule has 172 valence electrons. The van der Waals surface area contributed by atoms with E-state index in [1.807, 2.05) is 0 Å². The highest BCUT2D eigenvalue weighted by Gasteiger charge is 2.47. The molecular weight excluding hydrogens is 432 g/mol. The third-order valence-corrected chi connectivity index (χ3v) is 5.99. The van der Waals surface area contributed by atoms with Crippen molar-refractivity contribution >= 4 is 17.5 Å². The Morgan fingerprint density at radius 2 is 1.61 bits per heavy atom. The van der Waals surface area contributed by atoms with E-state index in [1.165, 1.54) is 28.3 Å². The van der Waals surface area contributed by atoms with Gasteiger partial charge >= 0.3 is 11.9 Å². The second-order valence-electron chi connectivity index (χ2n) is 7.73. The van der Waals surface area contributed by atoms with Crippen molar-refractivity contribution in [2.75, 3.05) is 34.7 Å². The number of rotatable bonds is 5. The average Bonchev–Trinajstić information content (AvgIpc) is 3.43. The summed E-state index contributed by atoms with van der Waals surface area (Å²) in [5, 5.41) is 0. The minimum atomic E-state index is -0.709. The number of carbonyl (C=O) groups excluding carboxylic acids is 2. The zero-order valence-electron chi connectivity index (χ0n) is 18.6. The van der Waals surface area contributed by atoms with Gasteiger partial charge in [-0.1, -0.05) is 0 Å². The quantitative estimate of drug-likeness (QED) is 0.631. The van der Waals surface area contributed by atoms with Crippen molar-refractivity contribution in [1.29, 1.82) is 0 Å². The molecule has 0 spiro atoms. The molecule has 0 amide bonds. The minimum absolute atomic E-state index is 0.0814. The average molecular weight is 454 g/mol. The van der Waals surface area contributed by atoms with Crippen LogP contribution in [0.2, 0.25) is 0 Å². The first-order valence-electron chi connectivity index (χ1n) is 10.3. The molecule has 2 aliphatic heterocycles. The van der Waals surface area contributed by atoms with Crippen molar-refractivity contribution < 1.29 is 42.7 Å². The van der Waals surface area contributed by atoms with Gasteiger partial charge < -0.3 is 33.2 Å². The normalized spacial score (nSPS) is 20.1. The zero-order valence-corrected chi connectivity index (χ0v) is 18.6. The molecule has 3 aliphatic rings. The summed E-state index contributed by atoms with van der Waals surface area (Å²) in [7, 11) is 4.57. The van der Waals surface area contributed by atoms with Crippen LogP contribution >= 0.6 is 0 Å². The fraction of sp³-hybridized carbons (Fsp3) is 0.333. The van der Waals surface area contributed by atoms with Crippen molar-refractivity contribution in [2.24, 2.45) is 5.92 Å². The molecule has 9 heteroatoms. The first-order valence-corrected chi connectivity index (χ1v) is 10.3. The van der Waals surface area contributed by atoms with Crippen LogP contribution < -0.4 is 23.7 Å². The Bertz CT molecular complexity index is 1170. The summed E-state index contributed by atoms with van der Waals surface area (Å²) in [6.45, 7) is 1.51. The number of methoxy groups -OCH3 is 3. The summed E-state index contributed by atoms with van der Waals surface area (Å²) in [6, 6.07) is 7.13. The molecule has 0 aromatic heterocycles. The van der Waals surface area contributed by atoms with Crippen LogP contribution in [0.25, 0.3) is 5.57 Å². The number of hydrogen-bond donors (Lipinski definition) is 0. The SMILES string of the molecule is COc1cc(C2=C3C(=O)OC[C@@H]3[C@@H](OC(C)=O)c3cc4c(cc32)OCO4)cc(OC)c1OC. The number of hydrogen-bond acceptors (Lipinski definition) is 9. The van der Waals surface area contributed by atoms with E-state index in [0.29, 0.717) is 56.6 Å². The van der Waals surface area contributed by atoms with Gasteiger partial charge in [0.1, 0.15) is 12.7 Å². The van der Waals surface area contributed by atoms with Gasteiger partial charge in [-0.2, -0.15) is 0 Å². The number of fused-ring (bicyclic) bond motifs is 3. The molecule has 2 aromatic carbocycles. The lowest BCUT2D eigenvalue weighted by atomic mass is 9.75. The van der Waals surface area contributed by atoms with Gasteiger partial charge in [0.25, 0.3) is 0 Å². The lowest BCUT2D eigenvalue weighted by Crippen LogP contribution is -2.26. The summed E-state index contributed by atoms with van der Waals surface area (Å²) < 4.78 is 38.7. The molecule has 5 rings (SSSR count). The predicted octanol–water partition coefficient (Wildman–Crippen LogP) is 3.03. The van der Waals surface area contributed by atoms with Crippen LogP contribution in [-0.4, -0.2) is 46.7 Å². The topological polar surface area (TPSA) is 98.8 Å². The monoisotopic (exact) mass is 454 g/mol. The van der Waals surface area contributed by atoms with Crippen molar-refractivity contribution in [1.82, 2.24) is 0 Å². The Morgan fingerprint density at radius 3 is 2.21 bits per heavy atom. The number of ether oxygens (including phenoxy) is 7. The summed E-state index contributed by atoms with van der Waals surface area (Å²) in [5.41, 5.74) is 3.07. The van der Waals surface area contributed by atoms with Gasteiger partial charge in [0.2, 0.25) is 12.5 Å². The highest BCUT2D eigenvalue weighted by molar-refractivity contribution is 6.06. The molecule has 2 aromatic rings. The molecule has 9 nitrogen and oxygen atoms in total. The molecule has 33 heavy (non-hydrogen) atoms. The van der Waals surface area contributed by atoms with E-state index in [0.717, 1.165) is 0 Å². The Labute approximate surface area is 189 Å². The molecule has 0 N–H and O–H groups in total. The van der Waals surface area contributed by atoms with Crippen LogP contribution in [0, 0.1) is 5.92 Å². The first kappa shape index (κ1) is 21.0. The third-order valence-electron chi connectivity index (χ3n) is 5.99. The lowest BCUT2D eigenvalue weighted by Gasteiger charge is -2.32. The van der Waals surface area contributed by atoms with Crippen LogP contribution in [0.15, 0.2) is 29.8 Å². The fourth-order valence-corrected chi connectivity index (χ4v) is 4.64. The predicted molar refractivity (Wildman–Crippen MR) is 114 cm³/mol. The molecule has 1 saturated heterocycles. The maximum Gasteiger partial charge on any atom is 0.335 e. The van der Waals surface area contributed by atoms with Gasteiger partial charge in [0.15, 0.2) is 23.0 Å². The van der Waals surface area contributed by atoms with E-state index in [9.17, 15) is 9.59 Å². The molecule has 2 atom stereocenters. The van der Waals surface area contributed by atoms with Gasteiger partial charge in [-0.05, 0) is 35.4 Å². The standard InChI is InChI=1S/C24H22O9/c1-11(25)33-22-14-8-17-16(31-10-32-17)7-13(14)20(21-15(22)9-30-24(21)26)12-5-18(27-2)23(29-4)19(6-12)28-3/h5-8,15,22H,9-10H2,1-4H3/t15-,22-/m0/s1. The minimum Gasteiger partial charge on any atom is -0.493 e. The third kappa shape index (κ3) is 3.23. The van der Waals surface area contributed by atoms with Gasteiger partial charge in [-0.3, -0.25) is 4.79 Å². The second kappa shape index (κ2) is 7.91. The molecule has 0 bridgehead atoms. The lowest BCUT2D eigenvalue weighted by molar-refractivity contribution is -0.149. The van der Waals surface area contributed by atoms with E-state index in [1.54, 1.807) is 24.3 Å². The number of carbonyl (C=O) groups is 2. The van der Waals surface area contributed by atoms with E-state index in [4.69, 9.17) is 33.2 Å². The Morgan fingerprint density at radius 1 is 0.939 bits per heavy atom. The van der Waals surface area contributed by atoms with Gasteiger partial charge in [-0.25, -0.2) is 4.79 Å². The first-order chi connectivity index (χ1) is 16.0. The van der Waals surface area contributed by atoms with Gasteiger partial charge in [0.05, 0.1) is 32.8 Å². The maximum absolute atomic E-state index is 12.9. The second-order valence-corrected chi connectivity index (χ2v) is 7.73. The molecule has 0 unspecified atom stereocenters. The molecule has 1 fully saturated rings. The van der Waals surface area contributed by atoms with E-state index < -0.39 is 24.0 Å². The summed E-state index contributed by atoms with van der Waals surface area (Å²) in [5.74, 6) is 0.972. The van der Waals surface area contributed by atoms with Crippen LogP contribution in [0.4, 0.5) is 0 Å². The van der Waals surface area contributed by atoms with E-state index in [2.05, 4.69) is 0 Å². The smallest absolute Gasteiger partial charge is 0.335 e. The molecule has 0 saturated carbocycles. The van der Waals surface area contributed by atoms with E-state index in [-0.39, 0.29) is 13.4 Å². The highest BCUT2D eigenvalue weighted by Crippen LogP contribution is 2.53. The van der Waals surface area contributed by atoms with Crippen molar-refractivity contribution in [3.05, 3.63) is 46.5 Å². The highest BCUT2D eigenvalue weighted by atomic mass is 16.7. The summed E-state index contributed by atoms with van der Waals surface area (Å²) in [4.78, 5) is 24.9. The van der Waals surface area contributed by atoms with Crippen molar-refractivity contribution in [3.8, 4) is 28.7 Å². The Balaban J connectivity index is 1.81. The van der Waals surface area contributed by atoms with Crippen molar-refractivity contribution in [2.45, 2.75) is 13.0 Å². The van der Waals surface area contributed by atoms with E-state index >= 15 is 0 Å². The van der Waals surface area contributed by atoms with Gasteiger partial charge in [0, 0.05) is 18.1 Å². The molecule has 0 radical (unpaired) electrons. The largest absolute Gasteiger partial charge is 0.493 e. The summed E-state index contributed by atoms with van der Waals surface area (Å²) in [6.07, 6.45) is -0.709. The number of esters is 2. The Kier molecular flexibility index (Phi) is 5.03. The maximum atomic E-state index is 12.9. The van der Waals surface area contributed by atoms with Crippen LogP contribution in [0.3, 0.4) is 0 Å². The zero-order chi connectivity index (χ0) is 23.3. The molecule has 2 heterocycles.